The number of hydrogen-bond acceptors (Lipinski definition) is 6. The molecule has 1 saturated heterocycles. The van der Waals surface area contributed by atoms with E-state index < -0.39 is 0 Å². The Morgan fingerprint density at radius 1 is 1.04 bits per heavy atom. The van der Waals surface area contributed by atoms with Crippen LogP contribution in [0.3, 0.4) is 0 Å². The van der Waals surface area contributed by atoms with Crippen molar-refractivity contribution < 1.29 is 14.3 Å². The smallest absolute Gasteiger partial charge is 0.257 e. The number of methoxy groups -OCH3 is 2. The minimum Gasteiger partial charge on any atom is -0.497 e. The first kappa shape index (κ1) is 17.6. The third-order valence-electron chi connectivity index (χ3n) is 4.76. The Bertz CT molecular complexity index is 931. The number of anilines is 1. The largest absolute Gasteiger partial charge is 0.497 e. The van der Waals surface area contributed by atoms with Crippen LogP contribution in [0, 0.1) is 0 Å². The van der Waals surface area contributed by atoms with Gasteiger partial charge in [-0.25, -0.2) is 4.98 Å². The second kappa shape index (κ2) is 7.44. The molecule has 0 radical (unpaired) electrons. The van der Waals surface area contributed by atoms with Crippen LogP contribution in [-0.2, 0) is 0 Å². The van der Waals surface area contributed by atoms with Crippen molar-refractivity contribution in [3.05, 3.63) is 48.0 Å². The van der Waals surface area contributed by atoms with Gasteiger partial charge in [0.15, 0.2) is 5.13 Å². The number of thiazole rings is 1. The number of carbonyl (C=O) groups excluding carboxylic acids is 1. The summed E-state index contributed by atoms with van der Waals surface area (Å²) in [5, 5.41) is 1.02. The Morgan fingerprint density at radius 3 is 2.52 bits per heavy atom. The van der Waals surface area contributed by atoms with Gasteiger partial charge in [0.1, 0.15) is 11.5 Å². The van der Waals surface area contributed by atoms with E-state index in [4.69, 9.17) is 14.5 Å². The molecule has 0 bridgehead atoms. The molecule has 140 valence electrons. The summed E-state index contributed by atoms with van der Waals surface area (Å²) in [6, 6.07) is 13.5. The van der Waals surface area contributed by atoms with Crippen LogP contribution in [0.5, 0.6) is 11.5 Å². The second-order valence-corrected chi connectivity index (χ2v) is 7.32. The molecule has 27 heavy (non-hydrogen) atoms. The fourth-order valence-corrected chi connectivity index (χ4v) is 4.26. The average molecular weight is 383 g/mol. The van der Waals surface area contributed by atoms with Crippen molar-refractivity contribution in [3.63, 3.8) is 0 Å². The Labute approximate surface area is 161 Å². The highest BCUT2D eigenvalue weighted by atomic mass is 32.1. The molecular formula is C20H21N3O3S. The Hall–Kier alpha value is -2.80. The Kier molecular flexibility index (Phi) is 4.85. The highest BCUT2D eigenvalue weighted by Crippen LogP contribution is 2.30. The van der Waals surface area contributed by atoms with Gasteiger partial charge in [0.2, 0.25) is 0 Å². The predicted octanol–water partition coefficient (Wildman–Crippen LogP) is 3.28. The van der Waals surface area contributed by atoms with Gasteiger partial charge >= 0.3 is 0 Å². The first-order chi connectivity index (χ1) is 13.2. The summed E-state index contributed by atoms with van der Waals surface area (Å²) in [6.45, 7) is 2.82. The molecule has 0 N–H and O–H groups in total. The predicted molar refractivity (Wildman–Crippen MR) is 107 cm³/mol. The molecule has 2 aromatic carbocycles. The van der Waals surface area contributed by atoms with Gasteiger partial charge in [-0.05, 0) is 30.3 Å². The number of hydrogen-bond donors (Lipinski definition) is 0. The van der Waals surface area contributed by atoms with Gasteiger partial charge in [-0.1, -0.05) is 23.5 Å². The van der Waals surface area contributed by atoms with Gasteiger partial charge in [0, 0.05) is 26.2 Å². The van der Waals surface area contributed by atoms with Crippen LogP contribution in [0.15, 0.2) is 42.5 Å². The van der Waals surface area contributed by atoms with E-state index in [1.165, 1.54) is 4.70 Å². The normalized spacial score (nSPS) is 14.4. The van der Waals surface area contributed by atoms with Gasteiger partial charge in [0.05, 0.1) is 30.0 Å². The Morgan fingerprint density at radius 2 is 1.81 bits per heavy atom. The van der Waals surface area contributed by atoms with Crippen molar-refractivity contribution in [3.8, 4) is 11.5 Å². The van der Waals surface area contributed by atoms with E-state index in [9.17, 15) is 4.79 Å². The Balaban J connectivity index is 1.48. The van der Waals surface area contributed by atoms with E-state index in [1.54, 1.807) is 43.8 Å². The van der Waals surface area contributed by atoms with Crippen LogP contribution in [-0.4, -0.2) is 56.2 Å². The number of benzene rings is 2. The highest BCUT2D eigenvalue weighted by Gasteiger charge is 2.26. The van der Waals surface area contributed by atoms with Gasteiger partial charge in [-0.15, -0.1) is 0 Å². The third-order valence-corrected chi connectivity index (χ3v) is 5.85. The van der Waals surface area contributed by atoms with Crippen molar-refractivity contribution in [1.82, 2.24) is 9.88 Å². The fraction of sp³-hybridized carbons (Fsp3) is 0.300. The van der Waals surface area contributed by atoms with E-state index in [1.807, 2.05) is 23.1 Å². The number of para-hydroxylation sites is 1. The van der Waals surface area contributed by atoms with Gasteiger partial charge in [-0.3, -0.25) is 4.79 Å². The molecule has 0 unspecified atom stereocenters. The lowest BCUT2D eigenvalue weighted by Crippen LogP contribution is -2.48. The summed E-state index contributed by atoms with van der Waals surface area (Å²) >= 11 is 1.70. The van der Waals surface area contributed by atoms with Crippen LogP contribution in [0.1, 0.15) is 10.4 Å². The lowest BCUT2D eigenvalue weighted by atomic mass is 10.1. The fourth-order valence-electron chi connectivity index (χ4n) is 3.25. The van der Waals surface area contributed by atoms with Crippen LogP contribution in [0.2, 0.25) is 0 Å². The topological polar surface area (TPSA) is 54.9 Å². The maximum absolute atomic E-state index is 13.0. The van der Waals surface area contributed by atoms with Crippen molar-refractivity contribution in [2.24, 2.45) is 0 Å². The highest BCUT2D eigenvalue weighted by molar-refractivity contribution is 7.22. The molecule has 1 aromatic heterocycles. The molecule has 0 aliphatic carbocycles. The molecule has 6 nitrogen and oxygen atoms in total. The maximum Gasteiger partial charge on any atom is 0.257 e. The number of amides is 1. The molecule has 0 spiro atoms. The number of rotatable bonds is 4. The van der Waals surface area contributed by atoms with Crippen LogP contribution in [0.4, 0.5) is 5.13 Å². The van der Waals surface area contributed by atoms with Gasteiger partial charge < -0.3 is 19.3 Å². The van der Waals surface area contributed by atoms with Crippen molar-refractivity contribution in [2.75, 3.05) is 45.3 Å². The van der Waals surface area contributed by atoms with Crippen LogP contribution >= 0.6 is 11.3 Å². The monoisotopic (exact) mass is 383 g/mol. The summed E-state index contributed by atoms with van der Waals surface area (Å²) in [4.78, 5) is 21.8. The number of fused-ring (bicyclic) bond motifs is 1. The summed E-state index contributed by atoms with van der Waals surface area (Å²) < 4.78 is 11.8. The molecule has 0 atom stereocenters. The molecular weight excluding hydrogens is 362 g/mol. The van der Waals surface area contributed by atoms with Gasteiger partial charge in [0.25, 0.3) is 5.91 Å². The average Bonchev–Trinajstić information content (AvgIpc) is 3.17. The minimum atomic E-state index is -0.0327. The summed E-state index contributed by atoms with van der Waals surface area (Å²) in [7, 11) is 3.16. The quantitative estimate of drug-likeness (QED) is 0.692. The molecule has 1 aliphatic heterocycles. The van der Waals surface area contributed by atoms with Crippen molar-refractivity contribution in [1.29, 1.82) is 0 Å². The van der Waals surface area contributed by atoms with E-state index in [0.717, 1.165) is 23.7 Å². The molecule has 2 heterocycles. The van der Waals surface area contributed by atoms with E-state index in [0.29, 0.717) is 30.2 Å². The summed E-state index contributed by atoms with van der Waals surface area (Å²) in [5.41, 5.74) is 1.56. The van der Waals surface area contributed by atoms with E-state index in [2.05, 4.69) is 11.0 Å². The van der Waals surface area contributed by atoms with Crippen molar-refractivity contribution in [2.45, 2.75) is 0 Å². The molecule has 1 amide bonds. The van der Waals surface area contributed by atoms with E-state index >= 15 is 0 Å². The summed E-state index contributed by atoms with van der Waals surface area (Å²) in [5.74, 6) is 1.18. The third kappa shape index (κ3) is 3.42. The van der Waals surface area contributed by atoms with E-state index in [-0.39, 0.29) is 5.91 Å². The number of piperazine rings is 1. The molecule has 3 aromatic rings. The number of aromatic nitrogens is 1. The standard InChI is InChI=1S/C20H21N3O3S/c1-25-14-7-8-17(26-2)15(13-14)19(24)22-9-11-23(12-10-22)20-21-16-5-3-4-6-18(16)27-20/h3-8,13H,9-12H2,1-2H3. The maximum atomic E-state index is 13.0. The van der Waals surface area contributed by atoms with Crippen LogP contribution < -0.4 is 14.4 Å². The molecule has 0 saturated carbocycles. The molecule has 1 aliphatic rings. The van der Waals surface area contributed by atoms with Gasteiger partial charge in [-0.2, -0.15) is 0 Å². The zero-order chi connectivity index (χ0) is 18.8. The van der Waals surface area contributed by atoms with Crippen LogP contribution in [0.25, 0.3) is 10.2 Å². The first-order valence-electron chi connectivity index (χ1n) is 8.81. The number of ether oxygens (including phenoxy) is 2. The van der Waals surface area contributed by atoms with Crippen molar-refractivity contribution >= 4 is 32.6 Å². The molecule has 1 fully saturated rings. The zero-order valence-electron chi connectivity index (χ0n) is 15.3. The minimum absolute atomic E-state index is 0.0327. The first-order valence-corrected chi connectivity index (χ1v) is 9.63. The number of nitrogens with zero attached hydrogens (tertiary/aromatic N) is 3. The second-order valence-electron chi connectivity index (χ2n) is 6.31. The molecule has 7 heteroatoms. The number of carbonyl (C=O) groups is 1. The lowest BCUT2D eigenvalue weighted by molar-refractivity contribution is 0.0743. The summed E-state index contributed by atoms with van der Waals surface area (Å²) in [6.07, 6.45) is 0. The lowest BCUT2D eigenvalue weighted by Gasteiger charge is -2.34. The molecule has 4 rings (SSSR count). The SMILES string of the molecule is COc1ccc(OC)c(C(=O)N2CCN(c3nc4ccccc4s3)CC2)c1. The zero-order valence-corrected chi connectivity index (χ0v) is 16.2.